The Kier molecular flexibility index (Phi) is 4.15. The lowest BCUT2D eigenvalue weighted by molar-refractivity contribution is 0.0941. The minimum atomic E-state index is -0.305. The van der Waals surface area contributed by atoms with Gasteiger partial charge in [-0.05, 0) is 31.5 Å². The summed E-state index contributed by atoms with van der Waals surface area (Å²) in [5.41, 5.74) is 3.12. The number of aromatic nitrogens is 1. The van der Waals surface area contributed by atoms with Gasteiger partial charge in [0, 0.05) is 29.6 Å². The summed E-state index contributed by atoms with van der Waals surface area (Å²) in [7, 11) is 0. The van der Waals surface area contributed by atoms with E-state index in [4.69, 9.17) is 0 Å². The van der Waals surface area contributed by atoms with Gasteiger partial charge in [0.2, 0.25) is 0 Å². The Hall–Kier alpha value is -2.62. The number of amides is 1. The molecule has 0 aliphatic heterocycles. The number of nitrogens with one attached hydrogen (secondary N) is 1. The van der Waals surface area contributed by atoms with Crippen molar-refractivity contribution in [1.82, 2.24) is 9.88 Å². The number of hydrogen-bond donors (Lipinski definition) is 1. The largest absolute Gasteiger partial charge is 0.347 e. The van der Waals surface area contributed by atoms with Crippen molar-refractivity contribution in [1.29, 1.82) is 0 Å². The molecular formula is C19H19FN2O. The van der Waals surface area contributed by atoms with Gasteiger partial charge in [0.25, 0.3) is 5.91 Å². The first kappa shape index (κ1) is 15.3. The summed E-state index contributed by atoms with van der Waals surface area (Å²) in [6.07, 6.45) is 0. The van der Waals surface area contributed by atoms with E-state index in [1.165, 1.54) is 6.07 Å². The maximum absolute atomic E-state index is 13.7. The summed E-state index contributed by atoms with van der Waals surface area (Å²) in [4.78, 5) is 12.6. The molecule has 118 valence electrons. The summed E-state index contributed by atoms with van der Waals surface area (Å²) in [5.74, 6) is -0.482. The van der Waals surface area contributed by atoms with Crippen molar-refractivity contribution in [3.05, 3.63) is 71.2 Å². The molecule has 0 radical (unpaired) electrons. The smallest absolute Gasteiger partial charge is 0.268 e. The zero-order valence-corrected chi connectivity index (χ0v) is 13.3. The molecule has 0 unspecified atom stereocenters. The first-order chi connectivity index (χ1) is 11.1. The van der Waals surface area contributed by atoms with Crippen LogP contribution in [0.3, 0.4) is 0 Å². The number of halogens is 1. The molecule has 0 aliphatic rings. The molecule has 4 heteroatoms. The van der Waals surface area contributed by atoms with Gasteiger partial charge in [-0.1, -0.05) is 36.4 Å². The van der Waals surface area contributed by atoms with Crippen LogP contribution in [0.1, 0.15) is 28.5 Å². The van der Waals surface area contributed by atoms with Crippen molar-refractivity contribution < 1.29 is 9.18 Å². The molecule has 3 aromatic rings. The number of carbonyl (C=O) groups excluding carboxylic acids is 1. The molecule has 3 rings (SSSR count). The molecule has 0 fully saturated rings. The Bertz CT molecular complexity index is 867. The molecule has 1 N–H and O–H groups in total. The number of para-hydroxylation sites is 1. The number of fused-ring (bicyclic) bond motifs is 1. The van der Waals surface area contributed by atoms with Crippen molar-refractivity contribution in [2.24, 2.45) is 0 Å². The molecule has 1 amide bonds. The maximum Gasteiger partial charge on any atom is 0.268 e. The van der Waals surface area contributed by atoms with Gasteiger partial charge in [-0.2, -0.15) is 0 Å². The van der Waals surface area contributed by atoms with Crippen LogP contribution < -0.4 is 5.32 Å². The van der Waals surface area contributed by atoms with Crippen LogP contribution in [0.4, 0.5) is 4.39 Å². The van der Waals surface area contributed by atoms with Gasteiger partial charge in [-0.25, -0.2) is 4.39 Å². The fourth-order valence-electron chi connectivity index (χ4n) is 3.00. The first-order valence-corrected chi connectivity index (χ1v) is 7.73. The van der Waals surface area contributed by atoms with Crippen molar-refractivity contribution in [3.63, 3.8) is 0 Å². The molecule has 0 aliphatic carbocycles. The summed E-state index contributed by atoms with van der Waals surface area (Å²) >= 11 is 0. The fraction of sp³-hybridized carbons (Fsp3) is 0.211. The molecule has 3 nitrogen and oxygen atoms in total. The Morgan fingerprint density at radius 3 is 2.57 bits per heavy atom. The van der Waals surface area contributed by atoms with E-state index >= 15 is 0 Å². The predicted molar refractivity (Wildman–Crippen MR) is 89.9 cm³/mol. The van der Waals surface area contributed by atoms with E-state index in [0.717, 1.165) is 16.5 Å². The van der Waals surface area contributed by atoms with Crippen molar-refractivity contribution >= 4 is 16.8 Å². The number of aryl methyl sites for hydroxylation is 2. The Morgan fingerprint density at radius 1 is 1.13 bits per heavy atom. The molecular weight excluding hydrogens is 291 g/mol. The second-order valence-electron chi connectivity index (χ2n) is 5.51. The molecule has 23 heavy (non-hydrogen) atoms. The van der Waals surface area contributed by atoms with Crippen molar-refractivity contribution in [2.45, 2.75) is 26.9 Å². The van der Waals surface area contributed by atoms with Gasteiger partial charge in [0.05, 0.1) is 0 Å². The van der Waals surface area contributed by atoms with E-state index in [2.05, 4.69) is 5.32 Å². The second-order valence-corrected chi connectivity index (χ2v) is 5.51. The van der Waals surface area contributed by atoms with Crippen LogP contribution >= 0.6 is 0 Å². The lowest BCUT2D eigenvalue weighted by Gasteiger charge is -2.10. The summed E-state index contributed by atoms with van der Waals surface area (Å²) < 4.78 is 15.7. The van der Waals surface area contributed by atoms with Crippen LogP contribution in [0, 0.1) is 12.7 Å². The van der Waals surface area contributed by atoms with E-state index in [-0.39, 0.29) is 18.3 Å². The third-order valence-electron chi connectivity index (χ3n) is 4.15. The number of hydrogen-bond acceptors (Lipinski definition) is 1. The number of carbonyl (C=O) groups is 1. The minimum absolute atomic E-state index is 0.177. The van der Waals surface area contributed by atoms with Gasteiger partial charge >= 0.3 is 0 Å². The maximum atomic E-state index is 13.7. The third-order valence-corrected chi connectivity index (χ3v) is 4.15. The zero-order valence-electron chi connectivity index (χ0n) is 13.3. The number of benzene rings is 2. The molecule has 1 heterocycles. The lowest BCUT2D eigenvalue weighted by Crippen LogP contribution is -2.26. The molecule has 1 aromatic heterocycles. The highest BCUT2D eigenvalue weighted by Crippen LogP contribution is 2.25. The normalized spacial score (nSPS) is 10.9. The van der Waals surface area contributed by atoms with Gasteiger partial charge in [-0.3, -0.25) is 4.79 Å². The SMILES string of the molecule is CCn1c(C(=O)NCc2ccccc2F)c(C)c2ccccc21. The van der Waals surface area contributed by atoms with E-state index in [1.807, 2.05) is 42.7 Å². The number of nitrogens with zero attached hydrogens (tertiary/aromatic N) is 1. The fourth-order valence-corrected chi connectivity index (χ4v) is 3.00. The van der Waals surface area contributed by atoms with E-state index in [9.17, 15) is 9.18 Å². The zero-order chi connectivity index (χ0) is 16.4. The molecule has 2 aromatic carbocycles. The van der Waals surface area contributed by atoms with Crippen LogP contribution in [0.5, 0.6) is 0 Å². The highest BCUT2D eigenvalue weighted by Gasteiger charge is 2.19. The second kappa shape index (κ2) is 6.24. The van der Waals surface area contributed by atoms with Gasteiger partial charge in [0.1, 0.15) is 11.5 Å². The quantitative estimate of drug-likeness (QED) is 0.775. The summed E-state index contributed by atoms with van der Waals surface area (Å²) in [6, 6.07) is 14.4. The molecule has 0 saturated carbocycles. The summed E-state index contributed by atoms with van der Waals surface area (Å²) in [6.45, 7) is 4.85. The third kappa shape index (κ3) is 2.72. The Morgan fingerprint density at radius 2 is 1.83 bits per heavy atom. The molecule has 0 bridgehead atoms. The van der Waals surface area contributed by atoms with Crippen LogP contribution in [0.15, 0.2) is 48.5 Å². The Labute approximate surface area is 134 Å². The van der Waals surface area contributed by atoms with E-state index in [0.29, 0.717) is 17.8 Å². The van der Waals surface area contributed by atoms with Crippen molar-refractivity contribution in [3.8, 4) is 0 Å². The van der Waals surface area contributed by atoms with E-state index < -0.39 is 0 Å². The minimum Gasteiger partial charge on any atom is -0.347 e. The van der Waals surface area contributed by atoms with E-state index in [1.54, 1.807) is 18.2 Å². The Balaban J connectivity index is 1.92. The molecule has 0 spiro atoms. The monoisotopic (exact) mass is 310 g/mol. The van der Waals surface area contributed by atoms with Crippen LogP contribution in [0.2, 0.25) is 0 Å². The summed E-state index contributed by atoms with van der Waals surface area (Å²) in [5, 5.41) is 3.91. The predicted octanol–water partition coefficient (Wildman–Crippen LogP) is 4.04. The highest BCUT2D eigenvalue weighted by atomic mass is 19.1. The highest BCUT2D eigenvalue weighted by molar-refractivity contribution is 6.01. The molecule has 0 saturated heterocycles. The van der Waals surface area contributed by atoms with Gasteiger partial charge < -0.3 is 9.88 Å². The van der Waals surface area contributed by atoms with Crippen LogP contribution in [-0.2, 0) is 13.1 Å². The first-order valence-electron chi connectivity index (χ1n) is 7.73. The lowest BCUT2D eigenvalue weighted by atomic mass is 10.1. The number of rotatable bonds is 4. The van der Waals surface area contributed by atoms with Crippen molar-refractivity contribution in [2.75, 3.05) is 0 Å². The average Bonchev–Trinajstić information content (AvgIpc) is 2.86. The average molecular weight is 310 g/mol. The van der Waals surface area contributed by atoms with Crippen LogP contribution in [-0.4, -0.2) is 10.5 Å². The molecule has 0 atom stereocenters. The van der Waals surface area contributed by atoms with Crippen LogP contribution in [0.25, 0.3) is 10.9 Å². The van der Waals surface area contributed by atoms with Gasteiger partial charge in [0.15, 0.2) is 0 Å². The topological polar surface area (TPSA) is 34.0 Å². The standard InChI is InChI=1S/C19H19FN2O/c1-3-22-17-11-7-5-9-15(17)13(2)18(22)19(23)21-12-14-8-4-6-10-16(14)20/h4-11H,3,12H2,1-2H3,(H,21,23). The van der Waals surface area contributed by atoms with Gasteiger partial charge in [-0.15, -0.1) is 0 Å².